The van der Waals surface area contributed by atoms with Gasteiger partial charge in [0.2, 0.25) is 0 Å². The Morgan fingerprint density at radius 3 is 2.95 bits per heavy atom. The summed E-state index contributed by atoms with van der Waals surface area (Å²) in [6.07, 6.45) is 1.38. The van der Waals surface area contributed by atoms with E-state index < -0.39 is 5.82 Å². The molecule has 3 aromatic rings. The molecule has 0 bridgehead atoms. The molecule has 2 aromatic heterocycles. The molecule has 1 aromatic carbocycles. The van der Waals surface area contributed by atoms with Gasteiger partial charge >= 0.3 is 0 Å². The molecule has 0 fully saturated rings. The van der Waals surface area contributed by atoms with E-state index in [9.17, 15) is 4.39 Å². The lowest BCUT2D eigenvalue weighted by Gasteiger charge is -2.02. The molecule has 20 heavy (non-hydrogen) atoms. The quantitative estimate of drug-likeness (QED) is 0.786. The van der Waals surface area contributed by atoms with Gasteiger partial charge in [-0.1, -0.05) is 22.9 Å². The zero-order valence-corrected chi connectivity index (χ0v) is 11.9. The lowest BCUT2D eigenvalue weighted by atomic mass is 10.3. The van der Waals surface area contributed by atoms with Crippen molar-refractivity contribution in [3.63, 3.8) is 0 Å². The minimum atomic E-state index is -0.519. The molecule has 7 heteroatoms. The van der Waals surface area contributed by atoms with E-state index in [1.165, 1.54) is 23.6 Å². The van der Waals surface area contributed by atoms with Crippen LogP contribution in [-0.4, -0.2) is 17.1 Å². The van der Waals surface area contributed by atoms with Gasteiger partial charge in [0.05, 0.1) is 22.3 Å². The van der Waals surface area contributed by atoms with E-state index in [0.717, 1.165) is 16.0 Å². The first-order valence-electron chi connectivity index (χ1n) is 5.68. The third kappa shape index (κ3) is 2.52. The van der Waals surface area contributed by atoms with Crippen molar-refractivity contribution in [2.24, 2.45) is 0 Å². The molecule has 4 nitrogen and oxygen atoms in total. The van der Waals surface area contributed by atoms with Crippen LogP contribution in [0.5, 0.6) is 5.75 Å². The van der Waals surface area contributed by atoms with Crippen LogP contribution in [0.2, 0.25) is 5.02 Å². The molecule has 0 unspecified atom stereocenters. The average Bonchev–Trinajstić information content (AvgIpc) is 2.83. The summed E-state index contributed by atoms with van der Waals surface area (Å²) in [6, 6.07) is 6.76. The van der Waals surface area contributed by atoms with Gasteiger partial charge in [0.25, 0.3) is 0 Å². The van der Waals surface area contributed by atoms with Crippen molar-refractivity contribution in [1.82, 2.24) is 9.97 Å². The van der Waals surface area contributed by atoms with E-state index in [0.29, 0.717) is 5.13 Å². The Labute approximate surface area is 123 Å². The lowest BCUT2D eigenvalue weighted by Crippen LogP contribution is -1.96. The van der Waals surface area contributed by atoms with Crippen LogP contribution in [-0.2, 0) is 0 Å². The van der Waals surface area contributed by atoms with Gasteiger partial charge in [-0.2, -0.15) is 0 Å². The molecular weight excluding hydrogens is 301 g/mol. The Hall–Kier alpha value is -1.92. The van der Waals surface area contributed by atoms with Crippen LogP contribution >= 0.6 is 22.9 Å². The number of thiazole rings is 1. The summed E-state index contributed by atoms with van der Waals surface area (Å²) in [4.78, 5) is 8.26. The molecule has 1 N–H and O–H groups in total. The first-order chi connectivity index (χ1) is 9.65. The maximum absolute atomic E-state index is 13.7. The maximum Gasteiger partial charge on any atom is 0.189 e. The largest absolute Gasteiger partial charge is 0.497 e. The first kappa shape index (κ1) is 13.1. The van der Waals surface area contributed by atoms with Gasteiger partial charge in [-0.25, -0.2) is 14.4 Å². The summed E-state index contributed by atoms with van der Waals surface area (Å²) < 4.78 is 19.8. The summed E-state index contributed by atoms with van der Waals surface area (Å²) in [5, 5.41) is 3.66. The predicted octanol–water partition coefficient (Wildman–Crippen LogP) is 4.24. The van der Waals surface area contributed by atoms with Crippen molar-refractivity contribution in [3.8, 4) is 5.75 Å². The Balaban J connectivity index is 1.94. The van der Waals surface area contributed by atoms with Crippen LogP contribution in [0.1, 0.15) is 0 Å². The highest BCUT2D eigenvalue weighted by Crippen LogP contribution is 2.31. The van der Waals surface area contributed by atoms with Crippen molar-refractivity contribution < 1.29 is 9.13 Å². The number of pyridine rings is 1. The number of hydrogen-bond donors (Lipinski definition) is 1. The zero-order valence-electron chi connectivity index (χ0n) is 10.4. The van der Waals surface area contributed by atoms with E-state index >= 15 is 0 Å². The van der Waals surface area contributed by atoms with Crippen molar-refractivity contribution in [2.75, 3.05) is 12.4 Å². The Kier molecular flexibility index (Phi) is 3.42. The van der Waals surface area contributed by atoms with E-state index in [1.807, 2.05) is 18.2 Å². The van der Waals surface area contributed by atoms with Gasteiger partial charge in [0.15, 0.2) is 16.8 Å². The fourth-order valence-electron chi connectivity index (χ4n) is 1.69. The SMILES string of the molecule is COc1ccc2nc(Nc3ncc(Cl)cc3F)sc2c1. The molecule has 0 radical (unpaired) electrons. The fourth-order valence-corrected chi connectivity index (χ4v) is 2.73. The van der Waals surface area contributed by atoms with Crippen LogP contribution < -0.4 is 10.1 Å². The molecule has 0 spiro atoms. The average molecular weight is 310 g/mol. The lowest BCUT2D eigenvalue weighted by molar-refractivity contribution is 0.415. The second kappa shape index (κ2) is 5.22. The molecule has 0 saturated carbocycles. The normalized spacial score (nSPS) is 10.8. The number of ether oxygens (including phenoxy) is 1. The number of fused-ring (bicyclic) bond motifs is 1. The minimum absolute atomic E-state index is 0.0976. The molecule has 2 heterocycles. The van der Waals surface area contributed by atoms with Crippen molar-refractivity contribution in [2.45, 2.75) is 0 Å². The highest BCUT2D eigenvalue weighted by molar-refractivity contribution is 7.22. The van der Waals surface area contributed by atoms with Crippen LogP contribution in [0.15, 0.2) is 30.5 Å². The number of methoxy groups -OCH3 is 1. The van der Waals surface area contributed by atoms with Gasteiger partial charge in [-0.3, -0.25) is 0 Å². The van der Waals surface area contributed by atoms with Crippen molar-refractivity contribution in [3.05, 3.63) is 41.3 Å². The van der Waals surface area contributed by atoms with E-state index in [2.05, 4.69) is 15.3 Å². The summed E-state index contributed by atoms with van der Waals surface area (Å²) in [7, 11) is 1.61. The summed E-state index contributed by atoms with van der Waals surface area (Å²) in [6.45, 7) is 0. The molecule has 0 aliphatic carbocycles. The molecule has 3 rings (SSSR count). The summed E-state index contributed by atoms with van der Waals surface area (Å²) in [5.74, 6) is 0.332. The number of benzene rings is 1. The van der Waals surface area contributed by atoms with Crippen molar-refractivity contribution in [1.29, 1.82) is 0 Å². The molecule has 0 aliphatic heterocycles. The van der Waals surface area contributed by atoms with Crippen LogP contribution in [0.25, 0.3) is 10.2 Å². The highest BCUT2D eigenvalue weighted by atomic mass is 35.5. The van der Waals surface area contributed by atoms with Crippen LogP contribution in [0.4, 0.5) is 15.3 Å². The Bertz CT molecular complexity index is 777. The first-order valence-corrected chi connectivity index (χ1v) is 6.88. The number of aromatic nitrogens is 2. The van der Waals surface area contributed by atoms with Crippen molar-refractivity contribution >= 4 is 44.1 Å². The standard InChI is InChI=1S/C13H9ClFN3OS/c1-19-8-2-3-10-11(5-8)20-13(17-10)18-12-9(15)4-7(14)6-16-12/h2-6H,1H3,(H,16,17,18). The molecule has 0 aliphatic rings. The summed E-state index contributed by atoms with van der Waals surface area (Å²) in [5.41, 5.74) is 0.813. The van der Waals surface area contributed by atoms with Crippen LogP contribution in [0, 0.1) is 5.82 Å². The van der Waals surface area contributed by atoms with E-state index in [1.54, 1.807) is 7.11 Å². The number of hydrogen-bond acceptors (Lipinski definition) is 5. The Morgan fingerprint density at radius 1 is 1.35 bits per heavy atom. The molecule has 0 amide bonds. The molecule has 0 saturated heterocycles. The monoisotopic (exact) mass is 309 g/mol. The third-order valence-electron chi connectivity index (χ3n) is 2.63. The second-order valence-electron chi connectivity index (χ2n) is 3.96. The minimum Gasteiger partial charge on any atom is -0.497 e. The fraction of sp³-hybridized carbons (Fsp3) is 0.0769. The van der Waals surface area contributed by atoms with Gasteiger partial charge in [-0.05, 0) is 24.3 Å². The van der Waals surface area contributed by atoms with E-state index in [-0.39, 0.29) is 10.8 Å². The highest BCUT2D eigenvalue weighted by Gasteiger charge is 2.09. The van der Waals surface area contributed by atoms with Gasteiger partial charge < -0.3 is 10.1 Å². The van der Waals surface area contributed by atoms with Gasteiger partial charge in [-0.15, -0.1) is 0 Å². The molecule has 0 atom stereocenters. The number of nitrogens with zero attached hydrogens (tertiary/aromatic N) is 2. The third-order valence-corrected chi connectivity index (χ3v) is 3.77. The predicted molar refractivity (Wildman–Crippen MR) is 78.7 cm³/mol. The number of anilines is 2. The zero-order chi connectivity index (χ0) is 14.1. The van der Waals surface area contributed by atoms with Gasteiger partial charge in [0.1, 0.15) is 5.75 Å². The number of halogens is 2. The Morgan fingerprint density at radius 2 is 2.20 bits per heavy atom. The molecule has 102 valence electrons. The maximum atomic E-state index is 13.7. The second-order valence-corrected chi connectivity index (χ2v) is 5.43. The topological polar surface area (TPSA) is 47.0 Å². The van der Waals surface area contributed by atoms with E-state index in [4.69, 9.17) is 16.3 Å². The number of rotatable bonds is 3. The number of nitrogens with one attached hydrogen (secondary N) is 1. The molecular formula is C13H9ClFN3OS. The smallest absolute Gasteiger partial charge is 0.189 e. The van der Waals surface area contributed by atoms with Crippen LogP contribution in [0.3, 0.4) is 0 Å². The van der Waals surface area contributed by atoms with Gasteiger partial charge in [0, 0.05) is 6.20 Å². The summed E-state index contributed by atoms with van der Waals surface area (Å²) >= 11 is 7.05.